The number of hydrazone groups is 1. The van der Waals surface area contributed by atoms with Crippen LogP contribution in [0.2, 0.25) is 0 Å². The monoisotopic (exact) mass is 292 g/mol. The van der Waals surface area contributed by atoms with Crippen molar-refractivity contribution in [2.45, 2.75) is 0 Å². The average molecular weight is 292 g/mol. The van der Waals surface area contributed by atoms with Gasteiger partial charge in [0.2, 0.25) is 0 Å². The number of aromatic hydroxyl groups is 1. The molecular formula is C16H12N4O2. The molecule has 0 fully saturated rings. The molecule has 108 valence electrons. The number of benzene rings is 2. The molecule has 22 heavy (non-hydrogen) atoms. The van der Waals surface area contributed by atoms with Crippen LogP contribution in [-0.2, 0) is 0 Å². The van der Waals surface area contributed by atoms with Gasteiger partial charge in [-0.15, -0.1) is 0 Å². The second-order valence-corrected chi connectivity index (χ2v) is 4.53. The summed E-state index contributed by atoms with van der Waals surface area (Å²) in [5.74, 6) is -0.267. The Kier molecular flexibility index (Phi) is 3.74. The SMILES string of the molecule is O=C(N/N=C\c1cnc2ccccc2n1)c1ccc(O)cc1. The minimum absolute atomic E-state index is 0.103. The summed E-state index contributed by atoms with van der Waals surface area (Å²) in [4.78, 5) is 20.4. The predicted molar refractivity (Wildman–Crippen MR) is 82.7 cm³/mol. The Balaban J connectivity index is 1.70. The highest BCUT2D eigenvalue weighted by Crippen LogP contribution is 2.09. The van der Waals surface area contributed by atoms with E-state index in [1.54, 1.807) is 6.20 Å². The van der Waals surface area contributed by atoms with E-state index >= 15 is 0 Å². The molecule has 0 unspecified atom stereocenters. The van der Waals surface area contributed by atoms with Crippen molar-refractivity contribution in [1.29, 1.82) is 0 Å². The first-order valence-electron chi connectivity index (χ1n) is 6.56. The number of nitrogens with one attached hydrogen (secondary N) is 1. The first-order valence-corrected chi connectivity index (χ1v) is 6.56. The van der Waals surface area contributed by atoms with Crippen LogP contribution in [-0.4, -0.2) is 27.2 Å². The van der Waals surface area contributed by atoms with Gasteiger partial charge in [-0.1, -0.05) is 12.1 Å². The van der Waals surface area contributed by atoms with Crippen molar-refractivity contribution in [3.05, 3.63) is 66.0 Å². The molecule has 1 aromatic heterocycles. The number of amides is 1. The Bertz CT molecular complexity index is 844. The van der Waals surface area contributed by atoms with Crippen LogP contribution in [0.5, 0.6) is 5.75 Å². The fraction of sp³-hybridized carbons (Fsp3) is 0. The van der Waals surface area contributed by atoms with Gasteiger partial charge in [0.15, 0.2) is 0 Å². The number of phenolic OH excluding ortho intramolecular Hbond substituents is 1. The highest BCUT2D eigenvalue weighted by molar-refractivity contribution is 5.94. The molecule has 0 atom stereocenters. The number of nitrogens with zero attached hydrogens (tertiary/aromatic N) is 3. The molecule has 1 heterocycles. The largest absolute Gasteiger partial charge is 0.508 e. The van der Waals surface area contributed by atoms with Crippen LogP contribution in [0.15, 0.2) is 59.8 Å². The van der Waals surface area contributed by atoms with E-state index in [9.17, 15) is 9.90 Å². The van der Waals surface area contributed by atoms with Gasteiger partial charge in [0, 0.05) is 5.56 Å². The standard InChI is InChI=1S/C16H12N4O2/c21-13-7-5-11(6-8-13)16(22)20-18-10-12-9-17-14-3-1-2-4-15(14)19-12/h1-10,21H,(H,20,22)/b18-10-. The molecule has 0 aliphatic heterocycles. The van der Waals surface area contributed by atoms with E-state index in [0.29, 0.717) is 11.3 Å². The van der Waals surface area contributed by atoms with Crippen molar-refractivity contribution in [2.75, 3.05) is 0 Å². The Morgan fingerprint density at radius 3 is 2.59 bits per heavy atom. The maximum Gasteiger partial charge on any atom is 0.271 e. The van der Waals surface area contributed by atoms with Crippen molar-refractivity contribution >= 4 is 23.2 Å². The smallest absolute Gasteiger partial charge is 0.271 e. The number of phenols is 1. The van der Waals surface area contributed by atoms with E-state index < -0.39 is 0 Å². The number of hydrogen-bond donors (Lipinski definition) is 2. The number of fused-ring (bicyclic) bond motifs is 1. The van der Waals surface area contributed by atoms with Crippen LogP contribution in [0.1, 0.15) is 16.1 Å². The molecule has 0 bridgehead atoms. The molecule has 1 amide bonds. The van der Waals surface area contributed by atoms with E-state index in [1.165, 1.54) is 30.5 Å². The average Bonchev–Trinajstić information content (AvgIpc) is 2.55. The maximum atomic E-state index is 11.8. The third kappa shape index (κ3) is 3.06. The Hall–Kier alpha value is -3.28. The zero-order valence-electron chi connectivity index (χ0n) is 11.5. The zero-order valence-corrected chi connectivity index (χ0v) is 11.5. The van der Waals surface area contributed by atoms with Crippen LogP contribution >= 0.6 is 0 Å². The van der Waals surface area contributed by atoms with Gasteiger partial charge in [-0.3, -0.25) is 9.78 Å². The molecule has 6 heteroatoms. The molecule has 0 radical (unpaired) electrons. The van der Waals surface area contributed by atoms with Crippen molar-refractivity contribution < 1.29 is 9.90 Å². The van der Waals surface area contributed by atoms with Gasteiger partial charge < -0.3 is 5.11 Å². The number of aromatic nitrogens is 2. The number of rotatable bonds is 3. The number of carbonyl (C=O) groups is 1. The van der Waals surface area contributed by atoms with Gasteiger partial charge in [-0.05, 0) is 36.4 Å². The van der Waals surface area contributed by atoms with Crippen molar-refractivity contribution in [2.24, 2.45) is 5.10 Å². The lowest BCUT2D eigenvalue weighted by Crippen LogP contribution is -2.17. The lowest BCUT2D eigenvalue weighted by molar-refractivity contribution is 0.0955. The van der Waals surface area contributed by atoms with E-state index in [4.69, 9.17) is 0 Å². The second kappa shape index (κ2) is 6.01. The van der Waals surface area contributed by atoms with E-state index in [2.05, 4.69) is 20.5 Å². The van der Waals surface area contributed by atoms with Crippen LogP contribution in [0.25, 0.3) is 11.0 Å². The van der Waals surface area contributed by atoms with Gasteiger partial charge in [0.1, 0.15) is 11.4 Å². The van der Waals surface area contributed by atoms with Gasteiger partial charge in [-0.25, -0.2) is 10.4 Å². The first-order chi connectivity index (χ1) is 10.7. The van der Waals surface area contributed by atoms with Crippen LogP contribution in [0.3, 0.4) is 0 Å². The predicted octanol–water partition coefficient (Wildman–Crippen LogP) is 2.10. The molecule has 0 saturated heterocycles. The summed E-state index contributed by atoms with van der Waals surface area (Å²) in [7, 11) is 0. The molecule has 3 rings (SSSR count). The highest BCUT2D eigenvalue weighted by atomic mass is 16.3. The van der Waals surface area contributed by atoms with Gasteiger partial charge in [0.05, 0.1) is 23.4 Å². The van der Waals surface area contributed by atoms with E-state index in [0.717, 1.165) is 11.0 Å². The van der Waals surface area contributed by atoms with Crippen molar-refractivity contribution in [3.8, 4) is 5.75 Å². The second-order valence-electron chi connectivity index (χ2n) is 4.53. The quantitative estimate of drug-likeness (QED) is 0.571. The minimum atomic E-state index is -0.370. The zero-order chi connectivity index (χ0) is 15.4. The fourth-order valence-corrected chi connectivity index (χ4v) is 1.87. The Morgan fingerprint density at radius 1 is 1.09 bits per heavy atom. The van der Waals surface area contributed by atoms with Crippen molar-refractivity contribution in [3.63, 3.8) is 0 Å². The molecule has 0 spiro atoms. The lowest BCUT2D eigenvalue weighted by atomic mass is 10.2. The number of para-hydroxylation sites is 2. The highest BCUT2D eigenvalue weighted by Gasteiger charge is 2.03. The summed E-state index contributed by atoms with van der Waals surface area (Å²) in [5.41, 5.74) is 4.90. The summed E-state index contributed by atoms with van der Waals surface area (Å²) in [5, 5.41) is 13.0. The molecule has 6 nitrogen and oxygen atoms in total. The molecule has 0 aliphatic rings. The molecule has 2 N–H and O–H groups in total. The van der Waals surface area contributed by atoms with Crippen LogP contribution in [0.4, 0.5) is 0 Å². The van der Waals surface area contributed by atoms with Crippen LogP contribution in [0, 0.1) is 0 Å². The number of carbonyl (C=O) groups excluding carboxylic acids is 1. The number of hydrogen-bond acceptors (Lipinski definition) is 5. The topological polar surface area (TPSA) is 87.5 Å². The van der Waals surface area contributed by atoms with Crippen molar-refractivity contribution in [1.82, 2.24) is 15.4 Å². The van der Waals surface area contributed by atoms with E-state index in [-0.39, 0.29) is 11.7 Å². The summed E-state index contributed by atoms with van der Waals surface area (Å²) in [6.07, 6.45) is 3.01. The Labute approximate surface area is 126 Å². The summed E-state index contributed by atoms with van der Waals surface area (Å²) < 4.78 is 0. The normalized spacial score (nSPS) is 10.9. The van der Waals surface area contributed by atoms with Gasteiger partial charge in [0.25, 0.3) is 5.91 Å². The molecule has 0 saturated carbocycles. The summed E-state index contributed by atoms with van der Waals surface area (Å²) in [6.45, 7) is 0. The fourth-order valence-electron chi connectivity index (χ4n) is 1.87. The Morgan fingerprint density at radius 2 is 1.82 bits per heavy atom. The minimum Gasteiger partial charge on any atom is -0.508 e. The summed E-state index contributed by atoms with van der Waals surface area (Å²) in [6, 6.07) is 13.4. The van der Waals surface area contributed by atoms with Crippen LogP contribution < -0.4 is 5.43 Å². The lowest BCUT2D eigenvalue weighted by Gasteiger charge is -2.00. The van der Waals surface area contributed by atoms with Gasteiger partial charge in [-0.2, -0.15) is 5.10 Å². The molecule has 2 aromatic carbocycles. The third-order valence-corrected chi connectivity index (χ3v) is 2.96. The third-order valence-electron chi connectivity index (χ3n) is 2.96. The maximum absolute atomic E-state index is 11.8. The molecular weight excluding hydrogens is 280 g/mol. The van der Waals surface area contributed by atoms with E-state index in [1.807, 2.05) is 24.3 Å². The first kappa shape index (κ1) is 13.7. The van der Waals surface area contributed by atoms with Gasteiger partial charge >= 0.3 is 0 Å². The molecule has 3 aromatic rings. The molecule has 0 aliphatic carbocycles. The summed E-state index contributed by atoms with van der Waals surface area (Å²) >= 11 is 0.